The van der Waals surface area contributed by atoms with Crippen LogP contribution in [0.4, 0.5) is 0 Å². The third kappa shape index (κ3) is 10.3. The Labute approximate surface area is 112 Å². The number of methoxy groups -OCH3 is 1. The molecule has 0 amide bonds. The molecule has 1 rings (SSSR count). The van der Waals surface area contributed by atoms with Crippen LogP contribution in [0.25, 0.3) is 0 Å². The van der Waals surface area contributed by atoms with E-state index in [1.165, 1.54) is 13.1 Å². The second kappa shape index (κ2) is 11.2. The molecule has 0 aromatic heterocycles. The predicted molar refractivity (Wildman–Crippen MR) is 79.1 cm³/mol. The van der Waals surface area contributed by atoms with Gasteiger partial charge in [-0.15, -0.1) is 0 Å². The largest absolute Gasteiger partial charge is 0.503 e. The highest BCUT2D eigenvalue weighted by molar-refractivity contribution is 5.60. The lowest BCUT2D eigenvalue weighted by Gasteiger charge is -2.30. The molecule has 0 atom stereocenters. The molecule has 18 heavy (non-hydrogen) atoms. The zero-order valence-electron chi connectivity index (χ0n) is 12.5. The van der Waals surface area contributed by atoms with Crippen LogP contribution in [0.3, 0.4) is 0 Å². The molecular weight excluding hydrogens is 226 g/mol. The summed E-state index contributed by atoms with van der Waals surface area (Å²) < 4.78 is 4.63. The molecule has 1 saturated heterocycles. The summed E-state index contributed by atoms with van der Waals surface area (Å²) in [5.41, 5.74) is 0. The average molecular weight is 255 g/mol. The molecule has 0 bridgehead atoms. The summed E-state index contributed by atoms with van der Waals surface area (Å²) in [6.45, 7) is 13.4. The van der Waals surface area contributed by atoms with Gasteiger partial charge >= 0.3 is 0 Å². The Hall–Kier alpha value is -0.870. The minimum Gasteiger partial charge on any atom is -0.503 e. The molecule has 106 valence electrons. The summed E-state index contributed by atoms with van der Waals surface area (Å²) in [5, 5.41) is 3.33. The Bertz CT molecular complexity index is 231. The topological polar surface area (TPSA) is 36.9 Å². The van der Waals surface area contributed by atoms with E-state index in [0.29, 0.717) is 5.92 Å². The number of rotatable bonds is 4. The fourth-order valence-corrected chi connectivity index (χ4v) is 1.52. The first kappa shape index (κ1) is 17.1. The van der Waals surface area contributed by atoms with E-state index in [2.05, 4.69) is 47.6 Å². The molecule has 0 aromatic carbocycles. The van der Waals surface area contributed by atoms with Crippen molar-refractivity contribution in [2.24, 2.45) is 10.9 Å². The van der Waals surface area contributed by atoms with Gasteiger partial charge in [0.2, 0.25) is 0 Å². The van der Waals surface area contributed by atoms with Crippen LogP contribution in [-0.4, -0.2) is 50.4 Å². The van der Waals surface area contributed by atoms with E-state index in [9.17, 15) is 0 Å². The van der Waals surface area contributed by atoms with Gasteiger partial charge in [-0.1, -0.05) is 13.8 Å². The van der Waals surface area contributed by atoms with Crippen LogP contribution in [0.1, 0.15) is 27.7 Å². The number of aliphatic imine (C=N–C) groups is 1. The maximum Gasteiger partial charge on any atom is 0.101 e. The van der Waals surface area contributed by atoms with E-state index < -0.39 is 0 Å². The quantitative estimate of drug-likeness (QED) is 0.617. The van der Waals surface area contributed by atoms with Gasteiger partial charge in [0.05, 0.1) is 13.3 Å². The van der Waals surface area contributed by atoms with Crippen molar-refractivity contribution in [1.82, 2.24) is 10.2 Å². The Kier molecular flexibility index (Phi) is 10.7. The number of ether oxygens (including phenoxy) is 1. The summed E-state index contributed by atoms with van der Waals surface area (Å²) in [6, 6.07) is 0.729. The average Bonchev–Trinajstić information content (AvgIpc) is 2.36. The second-order valence-corrected chi connectivity index (χ2v) is 4.94. The molecule has 0 radical (unpaired) electrons. The highest BCUT2D eigenvalue weighted by atomic mass is 16.5. The zero-order chi connectivity index (χ0) is 13.8. The minimum atomic E-state index is 0.506. The van der Waals surface area contributed by atoms with Crippen molar-refractivity contribution < 1.29 is 4.74 Å². The van der Waals surface area contributed by atoms with Crippen LogP contribution in [0, 0.1) is 5.92 Å². The van der Waals surface area contributed by atoms with Gasteiger partial charge in [0.1, 0.15) is 6.26 Å². The van der Waals surface area contributed by atoms with Crippen molar-refractivity contribution in [3.8, 4) is 0 Å². The lowest BCUT2D eigenvalue weighted by atomic mass is 10.3. The first-order valence-corrected chi connectivity index (χ1v) is 6.73. The van der Waals surface area contributed by atoms with Gasteiger partial charge in [-0.25, -0.2) is 0 Å². The maximum absolute atomic E-state index is 4.63. The SMILES string of the molecule is CC(C)N1CCNCC1.CO/C=C\N=CC(C)C. The molecule has 1 N–H and O–H groups in total. The van der Waals surface area contributed by atoms with Crippen LogP contribution in [0.5, 0.6) is 0 Å². The molecule has 0 aromatic rings. The number of piperazine rings is 1. The number of nitrogens with zero attached hydrogens (tertiary/aromatic N) is 2. The van der Waals surface area contributed by atoms with E-state index in [0.717, 1.165) is 19.1 Å². The monoisotopic (exact) mass is 255 g/mol. The van der Waals surface area contributed by atoms with Crippen molar-refractivity contribution in [2.45, 2.75) is 33.7 Å². The van der Waals surface area contributed by atoms with Crippen molar-refractivity contribution in [3.63, 3.8) is 0 Å². The highest BCUT2D eigenvalue weighted by Gasteiger charge is 2.11. The van der Waals surface area contributed by atoms with E-state index in [1.807, 2.05) is 6.21 Å². The van der Waals surface area contributed by atoms with Crippen molar-refractivity contribution in [1.29, 1.82) is 0 Å². The Morgan fingerprint density at radius 2 is 1.78 bits per heavy atom. The molecule has 4 heteroatoms. The van der Waals surface area contributed by atoms with Gasteiger partial charge in [0.15, 0.2) is 0 Å². The first-order valence-electron chi connectivity index (χ1n) is 6.73. The molecule has 0 aliphatic carbocycles. The van der Waals surface area contributed by atoms with Crippen molar-refractivity contribution >= 4 is 6.21 Å². The van der Waals surface area contributed by atoms with Crippen LogP contribution in [0.2, 0.25) is 0 Å². The van der Waals surface area contributed by atoms with Gasteiger partial charge < -0.3 is 10.1 Å². The van der Waals surface area contributed by atoms with Crippen LogP contribution < -0.4 is 5.32 Å². The number of hydrogen-bond acceptors (Lipinski definition) is 4. The molecule has 4 nitrogen and oxygen atoms in total. The van der Waals surface area contributed by atoms with Crippen molar-refractivity contribution in [3.05, 3.63) is 12.5 Å². The molecule has 0 saturated carbocycles. The van der Waals surface area contributed by atoms with E-state index in [4.69, 9.17) is 0 Å². The molecular formula is C14H29N3O. The molecule has 0 unspecified atom stereocenters. The summed E-state index contributed by atoms with van der Waals surface area (Å²) in [7, 11) is 1.60. The fourth-order valence-electron chi connectivity index (χ4n) is 1.52. The minimum absolute atomic E-state index is 0.506. The molecule has 1 aliphatic rings. The van der Waals surface area contributed by atoms with E-state index in [-0.39, 0.29) is 0 Å². The Morgan fingerprint density at radius 1 is 1.17 bits per heavy atom. The summed E-state index contributed by atoms with van der Waals surface area (Å²) in [5.74, 6) is 0.506. The molecule has 1 aliphatic heterocycles. The van der Waals surface area contributed by atoms with Gasteiger partial charge in [0, 0.05) is 38.4 Å². The summed E-state index contributed by atoms with van der Waals surface area (Å²) in [4.78, 5) is 6.43. The van der Waals surface area contributed by atoms with Gasteiger partial charge in [-0.05, 0) is 19.8 Å². The zero-order valence-corrected chi connectivity index (χ0v) is 12.5. The normalized spacial score (nSPS) is 17.5. The van der Waals surface area contributed by atoms with Crippen LogP contribution >= 0.6 is 0 Å². The number of nitrogens with one attached hydrogen (secondary N) is 1. The number of hydrogen-bond donors (Lipinski definition) is 1. The lowest BCUT2D eigenvalue weighted by molar-refractivity contribution is 0.196. The van der Waals surface area contributed by atoms with E-state index in [1.54, 1.807) is 19.6 Å². The third-order valence-electron chi connectivity index (χ3n) is 2.55. The first-order chi connectivity index (χ1) is 8.57. The van der Waals surface area contributed by atoms with Gasteiger partial charge in [-0.3, -0.25) is 9.89 Å². The Morgan fingerprint density at radius 3 is 2.17 bits per heavy atom. The van der Waals surface area contributed by atoms with Crippen LogP contribution in [-0.2, 0) is 4.74 Å². The molecule has 1 fully saturated rings. The highest BCUT2D eigenvalue weighted by Crippen LogP contribution is 1.97. The lowest BCUT2D eigenvalue weighted by Crippen LogP contribution is -2.46. The smallest absolute Gasteiger partial charge is 0.101 e. The second-order valence-electron chi connectivity index (χ2n) is 4.94. The fraction of sp³-hybridized carbons (Fsp3) is 0.786. The maximum atomic E-state index is 4.63. The third-order valence-corrected chi connectivity index (χ3v) is 2.55. The predicted octanol–water partition coefficient (Wildman–Crippen LogP) is 2.13. The van der Waals surface area contributed by atoms with Crippen LogP contribution in [0.15, 0.2) is 17.5 Å². The standard InChI is InChI=1S/C7H16N2.C7H13NO/c1-7(2)9-5-3-8-4-6-9;1-7(2)6-8-4-5-9-3/h7-8H,3-6H2,1-2H3;4-7H,1-3H3/b;5-4-,8-6?. The van der Waals surface area contributed by atoms with Crippen molar-refractivity contribution in [2.75, 3.05) is 33.3 Å². The van der Waals surface area contributed by atoms with Gasteiger partial charge in [0.25, 0.3) is 0 Å². The molecule has 0 spiro atoms. The van der Waals surface area contributed by atoms with Gasteiger partial charge in [-0.2, -0.15) is 0 Å². The summed E-state index contributed by atoms with van der Waals surface area (Å²) >= 11 is 0. The molecule has 1 heterocycles. The summed E-state index contributed by atoms with van der Waals surface area (Å²) in [6.07, 6.45) is 5.02. The Balaban J connectivity index is 0.000000321. The van der Waals surface area contributed by atoms with E-state index >= 15 is 0 Å².